The van der Waals surface area contributed by atoms with Crippen LogP contribution in [0.25, 0.3) is 0 Å². The predicted octanol–water partition coefficient (Wildman–Crippen LogP) is 3.49. The van der Waals surface area contributed by atoms with Crippen molar-refractivity contribution in [3.63, 3.8) is 0 Å². The standard InChI is InChI=1S/C16H25NO2S/c1-4-17-16(2,15(18)19-3)12-8-9-13-20-14-10-6-5-7-11-14/h5-7,10-11,17H,4,8-9,12-13H2,1-3H3. The molecule has 0 aromatic heterocycles. The van der Waals surface area contributed by atoms with Gasteiger partial charge in [0, 0.05) is 4.90 Å². The molecule has 0 bridgehead atoms. The van der Waals surface area contributed by atoms with Crippen molar-refractivity contribution in [2.24, 2.45) is 0 Å². The highest BCUT2D eigenvalue weighted by Gasteiger charge is 2.32. The van der Waals surface area contributed by atoms with Crippen LogP contribution in [0.4, 0.5) is 0 Å². The third-order valence-electron chi connectivity index (χ3n) is 3.29. The van der Waals surface area contributed by atoms with E-state index in [2.05, 4.69) is 29.6 Å². The minimum Gasteiger partial charge on any atom is -0.468 e. The smallest absolute Gasteiger partial charge is 0.325 e. The molecule has 1 unspecified atom stereocenters. The summed E-state index contributed by atoms with van der Waals surface area (Å²) in [5.74, 6) is 0.906. The molecule has 4 heteroatoms. The third-order valence-corrected chi connectivity index (χ3v) is 4.38. The van der Waals surface area contributed by atoms with E-state index in [9.17, 15) is 4.79 Å². The minimum absolute atomic E-state index is 0.171. The fraction of sp³-hybridized carbons (Fsp3) is 0.562. The van der Waals surface area contributed by atoms with Crippen molar-refractivity contribution in [3.05, 3.63) is 30.3 Å². The summed E-state index contributed by atoms with van der Waals surface area (Å²) in [7, 11) is 1.45. The molecule has 0 fully saturated rings. The van der Waals surface area contributed by atoms with Gasteiger partial charge in [0.25, 0.3) is 0 Å². The van der Waals surface area contributed by atoms with Crippen LogP contribution in [0.5, 0.6) is 0 Å². The molecule has 0 heterocycles. The van der Waals surface area contributed by atoms with E-state index in [1.165, 1.54) is 12.0 Å². The number of likely N-dealkylation sites (N-methyl/N-ethyl adjacent to an activating group) is 1. The minimum atomic E-state index is -0.555. The molecule has 1 rings (SSSR count). The predicted molar refractivity (Wildman–Crippen MR) is 85.1 cm³/mol. The van der Waals surface area contributed by atoms with Crippen LogP contribution >= 0.6 is 11.8 Å². The highest BCUT2D eigenvalue weighted by Crippen LogP contribution is 2.21. The quantitative estimate of drug-likeness (QED) is 0.430. The maximum absolute atomic E-state index is 11.8. The molecular formula is C16H25NO2S. The first-order chi connectivity index (χ1) is 9.62. The Hall–Kier alpha value is -1.00. The first-order valence-corrected chi connectivity index (χ1v) is 8.12. The van der Waals surface area contributed by atoms with Crippen LogP contribution in [0.1, 0.15) is 33.1 Å². The lowest BCUT2D eigenvalue weighted by Crippen LogP contribution is -2.50. The maximum Gasteiger partial charge on any atom is 0.325 e. The van der Waals surface area contributed by atoms with Crippen LogP contribution in [0.15, 0.2) is 35.2 Å². The van der Waals surface area contributed by atoms with Gasteiger partial charge in [-0.3, -0.25) is 4.79 Å². The molecular weight excluding hydrogens is 270 g/mol. The number of methoxy groups -OCH3 is 1. The van der Waals surface area contributed by atoms with E-state index in [-0.39, 0.29) is 5.97 Å². The molecule has 20 heavy (non-hydrogen) atoms. The molecule has 1 aromatic rings. The number of hydrogen-bond donors (Lipinski definition) is 1. The Kier molecular flexibility index (Phi) is 7.70. The summed E-state index contributed by atoms with van der Waals surface area (Å²) in [4.78, 5) is 13.1. The summed E-state index contributed by atoms with van der Waals surface area (Å²) in [5.41, 5.74) is -0.555. The molecule has 0 saturated heterocycles. The molecule has 0 aliphatic heterocycles. The summed E-state index contributed by atoms with van der Waals surface area (Å²) >= 11 is 1.86. The average Bonchev–Trinajstić information content (AvgIpc) is 2.47. The number of ether oxygens (including phenoxy) is 1. The number of thioether (sulfide) groups is 1. The van der Waals surface area contributed by atoms with E-state index in [0.717, 1.165) is 31.6 Å². The molecule has 1 atom stereocenters. The van der Waals surface area contributed by atoms with Gasteiger partial charge in [0.05, 0.1) is 7.11 Å². The van der Waals surface area contributed by atoms with E-state index >= 15 is 0 Å². The molecule has 0 spiro atoms. The normalized spacial score (nSPS) is 13.8. The van der Waals surface area contributed by atoms with Gasteiger partial charge >= 0.3 is 5.97 Å². The van der Waals surface area contributed by atoms with Crippen LogP contribution in [0.3, 0.4) is 0 Å². The van der Waals surface area contributed by atoms with Crippen LogP contribution in [-0.2, 0) is 9.53 Å². The number of unbranched alkanes of at least 4 members (excludes halogenated alkanes) is 1. The maximum atomic E-state index is 11.8. The van der Waals surface area contributed by atoms with Crippen molar-refractivity contribution in [2.45, 2.75) is 43.5 Å². The average molecular weight is 295 g/mol. The van der Waals surface area contributed by atoms with E-state index in [1.54, 1.807) is 0 Å². The third kappa shape index (κ3) is 5.55. The molecule has 3 nitrogen and oxygen atoms in total. The zero-order chi connectivity index (χ0) is 14.8. The van der Waals surface area contributed by atoms with Gasteiger partial charge in [-0.15, -0.1) is 11.8 Å². The molecule has 0 aliphatic rings. The van der Waals surface area contributed by atoms with Crippen molar-refractivity contribution in [1.29, 1.82) is 0 Å². The summed E-state index contributed by atoms with van der Waals surface area (Å²) < 4.78 is 4.89. The van der Waals surface area contributed by atoms with Crippen molar-refractivity contribution in [3.8, 4) is 0 Å². The monoisotopic (exact) mass is 295 g/mol. The summed E-state index contributed by atoms with van der Waals surface area (Å²) in [6.07, 6.45) is 2.92. The molecule has 112 valence electrons. The lowest BCUT2D eigenvalue weighted by atomic mass is 9.95. The Balaban J connectivity index is 2.29. The lowest BCUT2D eigenvalue weighted by Gasteiger charge is -2.27. The van der Waals surface area contributed by atoms with Gasteiger partial charge in [0.15, 0.2) is 0 Å². The van der Waals surface area contributed by atoms with Gasteiger partial charge < -0.3 is 10.1 Å². The van der Waals surface area contributed by atoms with E-state index in [4.69, 9.17) is 4.74 Å². The number of carbonyl (C=O) groups is 1. The van der Waals surface area contributed by atoms with E-state index in [0.29, 0.717) is 0 Å². The number of hydrogen-bond acceptors (Lipinski definition) is 4. The van der Waals surface area contributed by atoms with Crippen molar-refractivity contribution in [1.82, 2.24) is 5.32 Å². The van der Waals surface area contributed by atoms with Crippen LogP contribution in [-0.4, -0.2) is 30.9 Å². The Morgan fingerprint density at radius 3 is 2.60 bits per heavy atom. The molecule has 1 aromatic carbocycles. The first-order valence-electron chi connectivity index (χ1n) is 7.13. The summed E-state index contributed by atoms with van der Waals surface area (Å²) in [5, 5.41) is 3.24. The molecule has 0 amide bonds. The van der Waals surface area contributed by atoms with Gasteiger partial charge in [-0.1, -0.05) is 31.5 Å². The Morgan fingerprint density at radius 2 is 2.00 bits per heavy atom. The summed E-state index contributed by atoms with van der Waals surface area (Å²) in [6.45, 7) is 4.70. The second-order valence-electron chi connectivity index (χ2n) is 4.97. The van der Waals surface area contributed by atoms with E-state index < -0.39 is 5.54 Å². The summed E-state index contributed by atoms with van der Waals surface area (Å²) in [6, 6.07) is 10.4. The van der Waals surface area contributed by atoms with Crippen LogP contribution in [0.2, 0.25) is 0 Å². The number of benzene rings is 1. The van der Waals surface area contributed by atoms with E-state index in [1.807, 2.05) is 31.7 Å². The van der Waals surface area contributed by atoms with Crippen molar-refractivity contribution >= 4 is 17.7 Å². The number of nitrogens with one attached hydrogen (secondary N) is 1. The molecule has 1 N–H and O–H groups in total. The van der Waals surface area contributed by atoms with Crippen molar-refractivity contribution < 1.29 is 9.53 Å². The Bertz CT molecular complexity index is 397. The first kappa shape index (κ1) is 17.1. The van der Waals surface area contributed by atoms with Crippen LogP contribution in [0, 0.1) is 0 Å². The fourth-order valence-corrected chi connectivity index (χ4v) is 3.10. The van der Waals surface area contributed by atoms with Gasteiger partial charge in [-0.2, -0.15) is 0 Å². The van der Waals surface area contributed by atoms with Gasteiger partial charge in [-0.25, -0.2) is 0 Å². The number of rotatable bonds is 9. The molecule has 0 saturated carbocycles. The Morgan fingerprint density at radius 1 is 1.30 bits per heavy atom. The lowest BCUT2D eigenvalue weighted by molar-refractivity contribution is -0.148. The van der Waals surface area contributed by atoms with Gasteiger partial charge in [-0.05, 0) is 44.2 Å². The fourth-order valence-electron chi connectivity index (χ4n) is 2.17. The second-order valence-corrected chi connectivity index (χ2v) is 6.14. The molecule has 0 radical (unpaired) electrons. The SMILES string of the molecule is CCNC(C)(CCCCSc1ccccc1)C(=O)OC. The Labute approximate surface area is 126 Å². The van der Waals surface area contributed by atoms with Crippen LogP contribution < -0.4 is 5.32 Å². The second kappa shape index (κ2) is 9.03. The topological polar surface area (TPSA) is 38.3 Å². The zero-order valence-corrected chi connectivity index (χ0v) is 13.5. The number of carbonyl (C=O) groups excluding carboxylic acids is 1. The van der Waals surface area contributed by atoms with Crippen molar-refractivity contribution in [2.75, 3.05) is 19.4 Å². The highest BCUT2D eigenvalue weighted by atomic mass is 32.2. The highest BCUT2D eigenvalue weighted by molar-refractivity contribution is 7.99. The zero-order valence-electron chi connectivity index (χ0n) is 12.6. The number of esters is 1. The molecule has 0 aliphatic carbocycles. The largest absolute Gasteiger partial charge is 0.468 e. The van der Waals surface area contributed by atoms with Gasteiger partial charge in [0.2, 0.25) is 0 Å². The van der Waals surface area contributed by atoms with Gasteiger partial charge in [0.1, 0.15) is 5.54 Å².